The lowest BCUT2D eigenvalue weighted by Crippen LogP contribution is -2.37. The Bertz CT molecular complexity index is 145. The molecule has 0 spiro atoms. The molecule has 1 aliphatic rings. The molecular formula is C10H21NO. The summed E-state index contributed by atoms with van der Waals surface area (Å²) in [4.78, 5) is 0. The van der Waals surface area contributed by atoms with E-state index in [4.69, 9.17) is 4.74 Å². The molecule has 0 bridgehead atoms. The summed E-state index contributed by atoms with van der Waals surface area (Å²) in [5.74, 6) is 1.33. The molecule has 1 N–H and O–H groups in total. The molecule has 1 rings (SSSR count). The largest absolute Gasteiger partial charge is 0.375 e. The van der Waals surface area contributed by atoms with Gasteiger partial charge in [0, 0.05) is 12.0 Å². The fraction of sp³-hybridized carbons (Fsp3) is 1.00. The number of nitrogens with one attached hydrogen (secondary N) is 1. The molecule has 1 saturated heterocycles. The minimum Gasteiger partial charge on any atom is -0.375 e. The number of hydrogen-bond acceptors (Lipinski definition) is 2. The zero-order valence-corrected chi connectivity index (χ0v) is 8.79. The average molecular weight is 171 g/mol. The van der Waals surface area contributed by atoms with E-state index in [0.29, 0.717) is 30.1 Å². The molecule has 1 fully saturated rings. The van der Waals surface area contributed by atoms with E-state index in [1.54, 1.807) is 0 Å². The molecule has 0 aliphatic carbocycles. The second-order valence-electron chi connectivity index (χ2n) is 4.06. The van der Waals surface area contributed by atoms with Gasteiger partial charge in [0.25, 0.3) is 0 Å². The van der Waals surface area contributed by atoms with Crippen molar-refractivity contribution >= 4 is 0 Å². The minimum absolute atomic E-state index is 0.400. The van der Waals surface area contributed by atoms with Crippen LogP contribution in [0, 0.1) is 11.8 Å². The van der Waals surface area contributed by atoms with Crippen LogP contribution in [0.1, 0.15) is 27.7 Å². The van der Waals surface area contributed by atoms with Crippen LogP contribution in [0.4, 0.5) is 0 Å². The van der Waals surface area contributed by atoms with Gasteiger partial charge in [-0.1, -0.05) is 6.92 Å². The predicted molar refractivity (Wildman–Crippen MR) is 51.2 cm³/mol. The highest BCUT2D eigenvalue weighted by molar-refractivity contribution is 4.89. The molecule has 5 atom stereocenters. The molecule has 1 aliphatic heterocycles. The summed E-state index contributed by atoms with van der Waals surface area (Å²) in [5, 5.41) is 3.31. The molecule has 72 valence electrons. The second-order valence-corrected chi connectivity index (χ2v) is 4.06. The maximum absolute atomic E-state index is 5.77. The van der Waals surface area contributed by atoms with E-state index >= 15 is 0 Å². The summed E-state index contributed by atoms with van der Waals surface area (Å²) in [6.45, 7) is 8.87. The lowest BCUT2D eigenvalue weighted by Gasteiger charge is -2.25. The number of rotatable bonds is 2. The van der Waals surface area contributed by atoms with Crippen LogP contribution in [-0.2, 0) is 4.74 Å². The Labute approximate surface area is 75.7 Å². The van der Waals surface area contributed by atoms with Gasteiger partial charge in [-0.2, -0.15) is 0 Å². The van der Waals surface area contributed by atoms with Crippen LogP contribution in [0.2, 0.25) is 0 Å². The van der Waals surface area contributed by atoms with Crippen molar-refractivity contribution < 1.29 is 4.74 Å². The van der Waals surface area contributed by atoms with Gasteiger partial charge in [0.05, 0.1) is 12.2 Å². The Morgan fingerprint density at radius 3 is 2.08 bits per heavy atom. The van der Waals surface area contributed by atoms with Gasteiger partial charge in [0.15, 0.2) is 0 Å². The molecule has 2 heteroatoms. The summed E-state index contributed by atoms with van der Waals surface area (Å²) < 4.78 is 5.77. The molecule has 5 unspecified atom stereocenters. The van der Waals surface area contributed by atoms with Crippen molar-refractivity contribution in [3.63, 3.8) is 0 Å². The van der Waals surface area contributed by atoms with Crippen molar-refractivity contribution in [3.8, 4) is 0 Å². The second kappa shape index (κ2) is 3.75. The SMILES string of the molecule is CNC(C)C1C(C)OC(C)C1C. The highest BCUT2D eigenvalue weighted by Gasteiger charge is 2.39. The van der Waals surface area contributed by atoms with Crippen LogP contribution in [0.15, 0.2) is 0 Å². The summed E-state index contributed by atoms with van der Waals surface area (Å²) in [6, 6.07) is 0.556. The Kier molecular flexibility index (Phi) is 3.13. The molecule has 0 aromatic heterocycles. The van der Waals surface area contributed by atoms with Crippen molar-refractivity contribution in [2.75, 3.05) is 7.05 Å². The third-order valence-electron chi connectivity index (χ3n) is 3.35. The Morgan fingerprint density at radius 1 is 1.17 bits per heavy atom. The summed E-state index contributed by atoms with van der Waals surface area (Å²) in [5.41, 5.74) is 0. The maximum Gasteiger partial charge on any atom is 0.0597 e. The van der Waals surface area contributed by atoms with E-state index in [1.807, 2.05) is 7.05 Å². The summed E-state index contributed by atoms with van der Waals surface area (Å²) in [7, 11) is 2.02. The normalized spacial score (nSPS) is 44.8. The Hall–Kier alpha value is -0.0800. The van der Waals surface area contributed by atoms with Crippen molar-refractivity contribution in [1.29, 1.82) is 0 Å². The monoisotopic (exact) mass is 171 g/mol. The highest BCUT2D eigenvalue weighted by atomic mass is 16.5. The molecule has 0 saturated carbocycles. The predicted octanol–water partition coefficient (Wildman–Crippen LogP) is 1.65. The number of ether oxygens (including phenoxy) is 1. The lowest BCUT2D eigenvalue weighted by atomic mass is 9.84. The van der Waals surface area contributed by atoms with Crippen LogP contribution in [0.25, 0.3) is 0 Å². The minimum atomic E-state index is 0.400. The first-order valence-corrected chi connectivity index (χ1v) is 4.90. The van der Waals surface area contributed by atoms with E-state index in [9.17, 15) is 0 Å². The van der Waals surface area contributed by atoms with Crippen LogP contribution in [0.3, 0.4) is 0 Å². The molecule has 0 radical (unpaired) electrons. The zero-order chi connectivity index (χ0) is 9.30. The standard InChI is InChI=1S/C10H21NO/c1-6-8(3)12-9(4)10(6)7(2)11-5/h6-11H,1-5H3. The quantitative estimate of drug-likeness (QED) is 0.682. The van der Waals surface area contributed by atoms with Crippen LogP contribution in [0.5, 0.6) is 0 Å². The third kappa shape index (κ3) is 1.64. The first-order valence-electron chi connectivity index (χ1n) is 4.90. The van der Waals surface area contributed by atoms with E-state index < -0.39 is 0 Å². The molecule has 0 aromatic rings. The molecule has 2 nitrogen and oxygen atoms in total. The van der Waals surface area contributed by atoms with Crippen molar-refractivity contribution in [2.45, 2.75) is 45.9 Å². The van der Waals surface area contributed by atoms with E-state index in [0.717, 1.165) is 0 Å². The van der Waals surface area contributed by atoms with Crippen molar-refractivity contribution in [2.24, 2.45) is 11.8 Å². The molecule has 12 heavy (non-hydrogen) atoms. The lowest BCUT2D eigenvalue weighted by molar-refractivity contribution is 0.0485. The van der Waals surface area contributed by atoms with E-state index in [1.165, 1.54) is 0 Å². The van der Waals surface area contributed by atoms with Crippen LogP contribution >= 0.6 is 0 Å². The first kappa shape index (κ1) is 10.0. The molecular weight excluding hydrogens is 150 g/mol. The Balaban J connectivity index is 2.62. The van der Waals surface area contributed by atoms with Gasteiger partial charge < -0.3 is 10.1 Å². The van der Waals surface area contributed by atoms with Gasteiger partial charge in [0.1, 0.15) is 0 Å². The highest BCUT2D eigenvalue weighted by Crippen LogP contribution is 2.34. The van der Waals surface area contributed by atoms with Gasteiger partial charge >= 0.3 is 0 Å². The maximum atomic E-state index is 5.77. The zero-order valence-electron chi connectivity index (χ0n) is 8.79. The summed E-state index contributed by atoms with van der Waals surface area (Å²) >= 11 is 0. The molecule has 1 heterocycles. The van der Waals surface area contributed by atoms with Gasteiger partial charge in [-0.05, 0) is 33.7 Å². The van der Waals surface area contributed by atoms with Crippen LogP contribution < -0.4 is 5.32 Å². The van der Waals surface area contributed by atoms with Gasteiger partial charge in [-0.25, -0.2) is 0 Å². The third-order valence-corrected chi connectivity index (χ3v) is 3.35. The van der Waals surface area contributed by atoms with E-state index in [2.05, 4.69) is 33.0 Å². The fourth-order valence-corrected chi connectivity index (χ4v) is 2.35. The molecule has 0 amide bonds. The van der Waals surface area contributed by atoms with Crippen LogP contribution in [-0.4, -0.2) is 25.3 Å². The van der Waals surface area contributed by atoms with E-state index in [-0.39, 0.29) is 0 Å². The van der Waals surface area contributed by atoms with Gasteiger partial charge in [-0.3, -0.25) is 0 Å². The summed E-state index contributed by atoms with van der Waals surface area (Å²) in [6.07, 6.45) is 0.818. The Morgan fingerprint density at radius 2 is 1.75 bits per heavy atom. The average Bonchev–Trinajstić information content (AvgIpc) is 2.26. The topological polar surface area (TPSA) is 21.3 Å². The van der Waals surface area contributed by atoms with Gasteiger partial charge in [0.2, 0.25) is 0 Å². The number of hydrogen-bond donors (Lipinski definition) is 1. The smallest absolute Gasteiger partial charge is 0.0597 e. The molecule has 0 aromatic carbocycles. The fourth-order valence-electron chi connectivity index (χ4n) is 2.35. The first-order chi connectivity index (χ1) is 5.57. The van der Waals surface area contributed by atoms with Gasteiger partial charge in [-0.15, -0.1) is 0 Å². The van der Waals surface area contributed by atoms with Crippen molar-refractivity contribution in [1.82, 2.24) is 5.32 Å². The van der Waals surface area contributed by atoms with Crippen molar-refractivity contribution in [3.05, 3.63) is 0 Å².